The van der Waals surface area contributed by atoms with E-state index in [4.69, 9.17) is 14.2 Å². The first-order chi connectivity index (χ1) is 18.6. The van der Waals surface area contributed by atoms with E-state index >= 15 is 0 Å². The molecular weight excluding hydrogens is 492 g/mol. The molecule has 0 spiro atoms. The molecular formula is C33H42O6. The third-order valence-corrected chi connectivity index (χ3v) is 8.39. The largest absolute Gasteiger partial charge is 0.507 e. The van der Waals surface area contributed by atoms with E-state index in [0.29, 0.717) is 25.6 Å². The molecule has 0 amide bonds. The number of aromatic hydroxyl groups is 3. The smallest absolute Gasteiger partial charge is 0.124 e. The van der Waals surface area contributed by atoms with E-state index in [-0.39, 0.29) is 22.8 Å². The zero-order valence-electron chi connectivity index (χ0n) is 24.1. The standard InChI is InChI=1S/C33H42O6/c1-20-10-24(13-25(17-37-4)30(20)34)23-8-7-9-33(16-23,28-11-21(2)31(35)26(14-28)18-38-5)29-12-22(3)32(36)27(15-29)19-39-6/h10-15,23,34-36H,7-9,16-19H2,1-6H3. The highest BCUT2D eigenvalue weighted by molar-refractivity contribution is 5.54. The molecule has 1 saturated carbocycles. The monoisotopic (exact) mass is 534 g/mol. The average molecular weight is 535 g/mol. The molecule has 1 atom stereocenters. The molecule has 3 N–H and O–H groups in total. The number of rotatable bonds is 9. The number of phenolic OH excluding ortho intramolecular Hbond substituents is 3. The summed E-state index contributed by atoms with van der Waals surface area (Å²) in [5.74, 6) is 1.07. The number of methoxy groups -OCH3 is 3. The number of hydrogen-bond acceptors (Lipinski definition) is 6. The van der Waals surface area contributed by atoms with Crippen LogP contribution in [0, 0.1) is 20.8 Å². The predicted octanol–water partition coefficient (Wildman–Crippen LogP) is 6.81. The van der Waals surface area contributed by atoms with Crippen molar-refractivity contribution in [2.45, 2.75) is 77.6 Å². The quantitative estimate of drug-likeness (QED) is 0.279. The van der Waals surface area contributed by atoms with Crippen LogP contribution < -0.4 is 0 Å². The van der Waals surface area contributed by atoms with Crippen LogP contribution in [0.5, 0.6) is 17.2 Å². The van der Waals surface area contributed by atoms with Crippen LogP contribution in [-0.4, -0.2) is 36.6 Å². The fourth-order valence-corrected chi connectivity index (χ4v) is 6.42. The molecule has 1 aliphatic carbocycles. The van der Waals surface area contributed by atoms with Crippen molar-refractivity contribution in [3.05, 3.63) is 86.5 Å². The Bertz CT molecular complexity index is 1270. The van der Waals surface area contributed by atoms with Gasteiger partial charge in [0.25, 0.3) is 0 Å². The number of aryl methyl sites for hydroxylation is 3. The van der Waals surface area contributed by atoms with E-state index in [2.05, 4.69) is 36.4 Å². The first kappa shape index (κ1) is 28.9. The molecule has 1 aliphatic rings. The molecule has 6 nitrogen and oxygen atoms in total. The minimum atomic E-state index is -0.363. The molecule has 210 valence electrons. The second-order valence-corrected chi connectivity index (χ2v) is 11.1. The molecule has 1 fully saturated rings. The summed E-state index contributed by atoms with van der Waals surface area (Å²) in [6.45, 7) is 6.81. The van der Waals surface area contributed by atoms with Gasteiger partial charge in [0.15, 0.2) is 0 Å². The van der Waals surface area contributed by atoms with Gasteiger partial charge in [0, 0.05) is 43.4 Å². The van der Waals surface area contributed by atoms with Crippen molar-refractivity contribution in [2.24, 2.45) is 0 Å². The summed E-state index contributed by atoms with van der Waals surface area (Å²) < 4.78 is 16.2. The summed E-state index contributed by atoms with van der Waals surface area (Å²) in [6, 6.07) is 12.6. The number of benzene rings is 3. The van der Waals surface area contributed by atoms with Crippen LogP contribution in [0.3, 0.4) is 0 Å². The SMILES string of the molecule is COCc1cc(C2CCCC(c3cc(C)c(O)c(COC)c3)(c3cc(C)c(O)c(COC)c3)C2)cc(C)c1O. The molecule has 0 heterocycles. The summed E-state index contributed by atoms with van der Waals surface area (Å²) in [6.07, 6.45) is 3.81. The number of hydrogen-bond donors (Lipinski definition) is 3. The van der Waals surface area contributed by atoms with Crippen molar-refractivity contribution in [1.82, 2.24) is 0 Å². The zero-order chi connectivity index (χ0) is 28.3. The van der Waals surface area contributed by atoms with Gasteiger partial charge < -0.3 is 29.5 Å². The lowest BCUT2D eigenvalue weighted by atomic mass is 9.60. The summed E-state index contributed by atoms with van der Waals surface area (Å²) in [4.78, 5) is 0. The Balaban J connectivity index is 1.93. The summed E-state index contributed by atoms with van der Waals surface area (Å²) in [5, 5.41) is 32.2. The van der Waals surface area contributed by atoms with Gasteiger partial charge in [-0.05, 0) is 97.5 Å². The number of phenols is 3. The molecule has 0 saturated heterocycles. The molecule has 1 unspecified atom stereocenters. The highest BCUT2D eigenvalue weighted by Crippen LogP contribution is 2.52. The maximum Gasteiger partial charge on any atom is 0.124 e. The van der Waals surface area contributed by atoms with Crippen LogP contribution in [0.4, 0.5) is 0 Å². The fourth-order valence-electron chi connectivity index (χ4n) is 6.42. The van der Waals surface area contributed by atoms with Gasteiger partial charge in [-0.2, -0.15) is 0 Å². The first-order valence-electron chi connectivity index (χ1n) is 13.6. The second-order valence-electron chi connectivity index (χ2n) is 11.1. The minimum Gasteiger partial charge on any atom is -0.507 e. The Labute approximate surface area is 232 Å². The molecule has 0 radical (unpaired) electrons. The van der Waals surface area contributed by atoms with Gasteiger partial charge in [-0.25, -0.2) is 0 Å². The van der Waals surface area contributed by atoms with Gasteiger partial charge in [0.05, 0.1) is 19.8 Å². The second kappa shape index (κ2) is 12.0. The highest BCUT2D eigenvalue weighted by atomic mass is 16.5. The molecule has 0 aliphatic heterocycles. The minimum absolute atomic E-state index is 0.244. The Kier molecular flexibility index (Phi) is 8.90. The summed E-state index contributed by atoms with van der Waals surface area (Å²) in [5.41, 5.74) is 7.92. The average Bonchev–Trinajstić information content (AvgIpc) is 2.92. The lowest BCUT2D eigenvalue weighted by Gasteiger charge is -2.43. The molecule has 39 heavy (non-hydrogen) atoms. The van der Waals surface area contributed by atoms with E-state index in [1.54, 1.807) is 21.3 Å². The lowest BCUT2D eigenvalue weighted by molar-refractivity contribution is 0.181. The maximum atomic E-state index is 10.8. The Morgan fingerprint density at radius 2 is 1.10 bits per heavy atom. The normalized spacial score (nSPS) is 16.9. The zero-order valence-corrected chi connectivity index (χ0v) is 24.1. The van der Waals surface area contributed by atoms with Crippen LogP contribution in [0.15, 0.2) is 36.4 Å². The third kappa shape index (κ3) is 5.65. The van der Waals surface area contributed by atoms with Gasteiger partial charge in [-0.15, -0.1) is 0 Å². The van der Waals surface area contributed by atoms with E-state index in [9.17, 15) is 15.3 Å². The van der Waals surface area contributed by atoms with Gasteiger partial charge in [-0.1, -0.05) is 24.6 Å². The molecule has 3 aromatic carbocycles. The van der Waals surface area contributed by atoms with Crippen molar-refractivity contribution >= 4 is 0 Å². The first-order valence-corrected chi connectivity index (χ1v) is 13.6. The Morgan fingerprint density at radius 1 is 0.667 bits per heavy atom. The Morgan fingerprint density at radius 3 is 1.56 bits per heavy atom. The van der Waals surface area contributed by atoms with Crippen molar-refractivity contribution in [3.8, 4) is 17.2 Å². The lowest BCUT2D eigenvalue weighted by Crippen LogP contribution is -2.34. The van der Waals surface area contributed by atoms with Crippen molar-refractivity contribution < 1.29 is 29.5 Å². The van der Waals surface area contributed by atoms with Gasteiger partial charge in [0.1, 0.15) is 17.2 Å². The van der Waals surface area contributed by atoms with Crippen LogP contribution >= 0.6 is 0 Å². The van der Waals surface area contributed by atoms with Crippen LogP contribution in [0.2, 0.25) is 0 Å². The van der Waals surface area contributed by atoms with E-state index < -0.39 is 0 Å². The van der Waals surface area contributed by atoms with Crippen LogP contribution in [-0.2, 0) is 39.4 Å². The third-order valence-electron chi connectivity index (χ3n) is 8.39. The van der Waals surface area contributed by atoms with Crippen LogP contribution in [0.1, 0.15) is 81.7 Å². The predicted molar refractivity (Wildman–Crippen MR) is 153 cm³/mol. The molecule has 4 rings (SSSR count). The summed E-state index contributed by atoms with van der Waals surface area (Å²) >= 11 is 0. The fraction of sp³-hybridized carbons (Fsp3) is 0.455. The van der Waals surface area contributed by atoms with E-state index in [0.717, 1.165) is 70.2 Å². The topological polar surface area (TPSA) is 88.4 Å². The molecule has 6 heteroatoms. The molecule has 3 aromatic rings. The molecule has 0 aromatic heterocycles. The Hall–Kier alpha value is -3.06. The number of ether oxygens (including phenoxy) is 3. The highest BCUT2D eigenvalue weighted by Gasteiger charge is 2.41. The van der Waals surface area contributed by atoms with Gasteiger partial charge >= 0.3 is 0 Å². The summed E-state index contributed by atoms with van der Waals surface area (Å²) in [7, 11) is 4.92. The van der Waals surface area contributed by atoms with Crippen molar-refractivity contribution in [1.29, 1.82) is 0 Å². The van der Waals surface area contributed by atoms with Gasteiger partial charge in [0.2, 0.25) is 0 Å². The van der Waals surface area contributed by atoms with E-state index in [1.165, 1.54) is 5.56 Å². The van der Waals surface area contributed by atoms with Gasteiger partial charge in [-0.3, -0.25) is 0 Å². The maximum absolute atomic E-state index is 10.8. The molecule has 0 bridgehead atoms. The van der Waals surface area contributed by atoms with Crippen LogP contribution in [0.25, 0.3) is 0 Å². The van der Waals surface area contributed by atoms with Crippen molar-refractivity contribution in [2.75, 3.05) is 21.3 Å². The van der Waals surface area contributed by atoms with E-state index in [1.807, 2.05) is 20.8 Å². The van der Waals surface area contributed by atoms with Crippen molar-refractivity contribution in [3.63, 3.8) is 0 Å².